The van der Waals surface area contributed by atoms with E-state index < -0.39 is 0 Å². The molecule has 6 heteroatoms. The molecule has 160 valence electrons. The Hall–Kier alpha value is -3.25. The van der Waals surface area contributed by atoms with Crippen molar-refractivity contribution < 1.29 is 4.79 Å². The number of aromatic nitrogens is 2. The zero-order chi connectivity index (χ0) is 21.5. The summed E-state index contributed by atoms with van der Waals surface area (Å²) in [6, 6.07) is 17.6. The van der Waals surface area contributed by atoms with Crippen molar-refractivity contribution in [2.75, 3.05) is 31.5 Å². The van der Waals surface area contributed by atoms with E-state index in [1.165, 1.54) is 24.8 Å². The molecular weight excluding hydrogens is 386 g/mol. The summed E-state index contributed by atoms with van der Waals surface area (Å²) in [4.78, 5) is 23.7. The predicted octanol–water partition coefficient (Wildman–Crippen LogP) is 4.41. The topological polar surface area (TPSA) is 70.2 Å². The van der Waals surface area contributed by atoms with Crippen LogP contribution < -0.4 is 10.6 Å². The number of nitrogens with zero attached hydrogens (tertiary/aromatic N) is 3. The van der Waals surface area contributed by atoms with Gasteiger partial charge in [-0.25, -0.2) is 9.97 Å². The van der Waals surface area contributed by atoms with Crippen molar-refractivity contribution in [2.45, 2.75) is 26.2 Å². The number of amides is 1. The molecular formula is C25H29N5O. The van der Waals surface area contributed by atoms with Crippen LogP contribution in [-0.2, 0) is 0 Å². The van der Waals surface area contributed by atoms with E-state index >= 15 is 0 Å². The van der Waals surface area contributed by atoms with Crippen LogP contribution in [0.25, 0.3) is 11.3 Å². The monoisotopic (exact) mass is 415 g/mol. The lowest BCUT2D eigenvalue weighted by molar-refractivity contribution is 0.0946. The lowest BCUT2D eigenvalue weighted by Gasteiger charge is -2.26. The van der Waals surface area contributed by atoms with E-state index in [1.807, 2.05) is 42.5 Å². The first kappa shape index (κ1) is 21.0. The van der Waals surface area contributed by atoms with E-state index in [-0.39, 0.29) is 5.91 Å². The van der Waals surface area contributed by atoms with Crippen molar-refractivity contribution in [3.8, 4) is 11.3 Å². The fourth-order valence-corrected chi connectivity index (χ4v) is 3.89. The smallest absolute Gasteiger partial charge is 0.251 e. The molecule has 1 aliphatic heterocycles. The van der Waals surface area contributed by atoms with Gasteiger partial charge in [-0.1, -0.05) is 36.2 Å². The SMILES string of the molecule is Cc1cccc(-c2cc(Nc3cccc(C(=O)NCCN4CCCCC4)c3)ncn2)c1. The van der Waals surface area contributed by atoms with E-state index in [2.05, 4.69) is 44.6 Å². The van der Waals surface area contributed by atoms with Gasteiger partial charge in [-0.05, 0) is 57.1 Å². The zero-order valence-electron chi connectivity index (χ0n) is 18.0. The number of carbonyl (C=O) groups is 1. The highest BCUT2D eigenvalue weighted by Crippen LogP contribution is 2.22. The van der Waals surface area contributed by atoms with Crippen LogP contribution >= 0.6 is 0 Å². The van der Waals surface area contributed by atoms with Crippen LogP contribution in [0.15, 0.2) is 60.9 Å². The molecule has 1 saturated heterocycles. The molecule has 0 saturated carbocycles. The van der Waals surface area contributed by atoms with E-state index in [1.54, 1.807) is 6.33 Å². The van der Waals surface area contributed by atoms with Gasteiger partial charge in [0.25, 0.3) is 5.91 Å². The Morgan fingerprint density at radius 2 is 1.84 bits per heavy atom. The standard InChI is InChI=1S/C25H29N5O/c1-19-7-5-8-20(15-19)23-17-24(28-18-27-23)29-22-10-6-9-21(16-22)25(31)26-11-14-30-12-3-2-4-13-30/h5-10,15-18H,2-4,11-14H2,1H3,(H,26,31)(H,27,28,29). The Balaban J connectivity index is 1.38. The Labute approximate surface area is 183 Å². The average Bonchev–Trinajstić information content (AvgIpc) is 2.80. The van der Waals surface area contributed by atoms with Gasteiger partial charge in [0.15, 0.2) is 0 Å². The number of likely N-dealkylation sites (tertiary alicyclic amines) is 1. The molecule has 6 nitrogen and oxygen atoms in total. The van der Waals surface area contributed by atoms with Gasteiger partial charge < -0.3 is 15.5 Å². The molecule has 1 aromatic heterocycles. The van der Waals surface area contributed by atoms with Gasteiger partial charge in [-0.15, -0.1) is 0 Å². The lowest BCUT2D eigenvalue weighted by atomic mass is 10.1. The van der Waals surface area contributed by atoms with E-state index in [0.29, 0.717) is 17.9 Å². The molecule has 0 spiro atoms. The maximum Gasteiger partial charge on any atom is 0.251 e. The number of rotatable bonds is 7. The van der Waals surface area contributed by atoms with E-state index in [4.69, 9.17) is 0 Å². The number of nitrogens with one attached hydrogen (secondary N) is 2. The van der Waals surface area contributed by atoms with Gasteiger partial charge in [0.05, 0.1) is 5.69 Å². The summed E-state index contributed by atoms with van der Waals surface area (Å²) < 4.78 is 0. The minimum Gasteiger partial charge on any atom is -0.351 e. The van der Waals surface area contributed by atoms with Crippen molar-refractivity contribution in [1.82, 2.24) is 20.2 Å². The Bertz CT molecular complexity index is 1030. The van der Waals surface area contributed by atoms with Crippen LogP contribution in [-0.4, -0.2) is 47.0 Å². The molecule has 0 unspecified atom stereocenters. The number of hydrogen-bond donors (Lipinski definition) is 2. The van der Waals surface area contributed by atoms with Crippen molar-refractivity contribution >= 4 is 17.4 Å². The Morgan fingerprint density at radius 1 is 1.00 bits per heavy atom. The van der Waals surface area contributed by atoms with Gasteiger partial charge >= 0.3 is 0 Å². The maximum atomic E-state index is 12.6. The second-order valence-corrected chi connectivity index (χ2v) is 8.02. The molecule has 0 aliphatic carbocycles. The molecule has 0 atom stereocenters. The van der Waals surface area contributed by atoms with Crippen molar-refractivity contribution in [3.05, 3.63) is 72.1 Å². The highest BCUT2D eigenvalue weighted by molar-refractivity contribution is 5.95. The second-order valence-electron chi connectivity index (χ2n) is 8.02. The molecule has 1 fully saturated rings. The lowest BCUT2D eigenvalue weighted by Crippen LogP contribution is -2.37. The highest BCUT2D eigenvalue weighted by atomic mass is 16.1. The molecule has 1 amide bonds. The number of aryl methyl sites for hydroxylation is 1. The summed E-state index contributed by atoms with van der Waals surface area (Å²) in [5.74, 6) is 0.637. The van der Waals surface area contributed by atoms with Crippen molar-refractivity contribution in [3.63, 3.8) is 0 Å². The number of piperidine rings is 1. The average molecular weight is 416 g/mol. The highest BCUT2D eigenvalue weighted by Gasteiger charge is 2.11. The minimum absolute atomic E-state index is 0.0520. The largest absolute Gasteiger partial charge is 0.351 e. The fourth-order valence-electron chi connectivity index (χ4n) is 3.89. The van der Waals surface area contributed by atoms with Gasteiger partial charge in [0.1, 0.15) is 12.1 Å². The van der Waals surface area contributed by atoms with Crippen molar-refractivity contribution in [1.29, 1.82) is 0 Å². The van der Waals surface area contributed by atoms with E-state index in [9.17, 15) is 4.79 Å². The minimum atomic E-state index is -0.0520. The Morgan fingerprint density at radius 3 is 2.68 bits per heavy atom. The molecule has 4 rings (SSSR count). The van der Waals surface area contributed by atoms with Crippen LogP contribution in [0.3, 0.4) is 0 Å². The number of hydrogen-bond acceptors (Lipinski definition) is 5. The van der Waals surface area contributed by atoms with E-state index in [0.717, 1.165) is 36.6 Å². The van der Waals surface area contributed by atoms with Crippen LogP contribution in [0.2, 0.25) is 0 Å². The number of anilines is 2. The summed E-state index contributed by atoms with van der Waals surface area (Å²) in [5, 5.41) is 6.33. The summed E-state index contributed by atoms with van der Waals surface area (Å²) in [5.41, 5.74) is 4.54. The quantitative estimate of drug-likeness (QED) is 0.598. The normalized spacial score (nSPS) is 14.2. The molecule has 31 heavy (non-hydrogen) atoms. The summed E-state index contributed by atoms with van der Waals surface area (Å²) in [6.45, 7) is 5.92. The molecule has 3 aromatic rings. The van der Waals surface area contributed by atoms with Crippen LogP contribution in [0, 0.1) is 6.92 Å². The van der Waals surface area contributed by atoms with Gasteiger partial charge in [0.2, 0.25) is 0 Å². The van der Waals surface area contributed by atoms with Crippen LogP contribution in [0.4, 0.5) is 11.5 Å². The van der Waals surface area contributed by atoms with Gasteiger partial charge in [-0.2, -0.15) is 0 Å². The maximum absolute atomic E-state index is 12.6. The molecule has 2 aromatic carbocycles. The van der Waals surface area contributed by atoms with Gasteiger partial charge in [0, 0.05) is 36.0 Å². The summed E-state index contributed by atoms with van der Waals surface area (Å²) in [7, 11) is 0. The number of carbonyl (C=O) groups excluding carboxylic acids is 1. The summed E-state index contributed by atoms with van der Waals surface area (Å²) in [6.07, 6.45) is 5.39. The molecule has 2 N–H and O–H groups in total. The first-order chi connectivity index (χ1) is 15.2. The first-order valence-corrected chi connectivity index (χ1v) is 10.9. The third-order valence-corrected chi connectivity index (χ3v) is 5.54. The van der Waals surface area contributed by atoms with Crippen LogP contribution in [0.1, 0.15) is 35.2 Å². The number of benzene rings is 2. The van der Waals surface area contributed by atoms with Crippen LogP contribution in [0.5, 0.6) is 0 Å². The molecule has 2 heterocycles. The van der Waals surface area contributed by atoms with Gasteiger partial charge in [-0.3, -0.25) is 4.79 Å². The third-order valence-electron chi connectivity index (χ3n) is 5.54. The molecule has 0 radical (unpaired) electrons. The second kappa shape index (κ2) is 10.2. The first-order valence-electron chi connectivity index (χ1n) is 10.9. The molecule has 0 bridgehead atoms. The van der Waals surface area contributed by atoms with Crippen molar-refractivity contribution in [2.24, 2.45) is 0 Å². The third kappa shape index (κ3) is 5.89. The zero-order valence-corrected chi connectivity index (χ0v) is 18.0. The fraction of sp³-hybridized carbons (Fsp3) is 0.320. The molecule has 1 aliphatic rings. The predicted molar refractivity (Wildman–Crippen MR) is 125 cm³/mol. The summed E-state index contributed by atoms with van der Waals surface area (Å²) >= 11 is 0. The Kier molecular flexibility index (Phi) is 6.89.